The predicted octanol–water partition coefficient (Wildman–Crippen LogP) is 1.59. The van der Waals surface area contributed by atoms with Crippen molar-refractivity contribution in [3.63, 3.8) is 0 Å². The summed E-state index contributed by atoms with van der Waals surface area (Å²) < 4.78 is 14.8. The van der Waals surface area contributed by atoms with Gasteiger partial charge in [0.1, 0.15) is 17.5 Å². The van der Waals surface area contributed by atoms with Crippen LogP contribution in [0.2, 0.25) is 0 Å². The third-order valence-corrected chi connectivity index (χ3v) is 4.13. The third-order valence-electron chi connectivity index (χ3n) is 4.13. The second-order valence-corrected chi connectivity index (χ2v) is 6.02. The Hall–Kier alpha value is -2.77. The fraction of sp³-hybridized carbons (Fsp3) is 0.412. The van der Waals surface area contributed by atoms with Gasteiger partial charge in [-0.25, -0.2) is 14.1 Å². The first-order chi connectivity index (χ1) is 12.0. The number of aryl methyl sites for hydroxylation is 2. The number of benzene rings is 1. The largest absolute Gasteiger partial charge is 0.381 e. The van der Waals surface area contributed by atoms with Crippen LogP contribution >= 0.6 is 0 Å². The lowest BCUT2D eigenvalue weighted by atomic mass is 9.94. The van der Waals surface area contributed by atoms with E-state index in [0.717, 1.165) is 11.4 Å². The number of oxime groups is 1. The van der Waals surface area contributed by atoms with Crippen LogP contribution < -0.4 is 5.32 Å². The number of carbonyl (C=O) groups is 1. The Morgan fingerprint density at radius 3 is 2.68 bits per heavy atom. The highest BCUT2D eigenvalue weighted by Gasteiger charge is 2.36. The van der Waals surface area contributed by atoms with Crippen molar-refractivity contribution in [3.05, 3.63) is 47.3 Å². The topological polar surface area (TPSA) is 81.4 Å². The minimum Gasteiger partial charge on any atom is -0.381 e. The van der Waals surface area contributed by atoms with Crippen molar-refractivity contribution in [2.45, 2.75) is 33.4 Å². The molecule has 1 aliphatic rings. The molecule has 0 aliphatic carbocycles. The summed E-state index contributed by atoms with van der Waals surface area (Å²) in [6.07, 6.45) is -0.696. The van der Waals surface area contributed by atoms with Gasteiger partial charge in [0.25, 0.3) is 5.91 Å². The molecule has 0 saturated carbocycles. The van der Waals surface area contributed by atoms with Crippen LogP contribution in [0.25, 0.3) is 0 Å². The van der Waals surface area contributed by atoms with Gasteiger partial charge in [-0.3, -0.25) is 4.79 Å². The lowest BCUT2D eigenvalue weighted by molar-refractivity contribution is -0.132. The number of nitrogens with zero attached hydrogens (tertiary/aromatic N) is 4. The van der Waals surface area contributed by atoms with Gasteiger partial charge in [0.2, 0.25) is 6.10 Å². The average Bonchev–Trinajstić information content (AvgIpc) is 3.10. The molecule has 0 saturated heterocycles. The van der Waals surface area contributed by atoms with E-state index in [1.54, 1.807) is 16.8 Å². The number of nitrogens with one attached hydrogen (secondary N) is 1. The summed E-state index contributed by atoms with van der Waals surface area (Å²) >= 11 is 0. The van der Waals surface area contributed by atoms with Crippen molar-refractivity contribution >= 4 is 11.6 Å². The van der Waals surface area contributed by atoms with E-state index in [4.69, 9.17) is 4.84 Å². The van der Waals surface area contributed by atoms with E-state index < -0.39 is 6.10 Å². The van der Waals surface area contributed by atoms with E-state index in [1.807, 2.05) is 20.8 Å². The van der Waals surface area contributed by atoms with Crippen molar-refractivity contribution in [2.75, 3.05) is 6.54 Å². The van der Waals surface area contributed by atoms with Gasteiger partial charge in [-0.05, 0) is 31.5 Å². The van der Waals surface area contributed by atoms with E-state index in [-0.39, 0.29) is 17.6 Å². The fourth-order valence-corrected chi connectivity index (χ4v) is 2.80. The molecular weight excluding hydrogens is 325 g/mol. The molecule has 1 aromatic carbocycles. The van der Waals surface area contributed by atoms with Crippen LogP contribution in [-0.4, -0.2) is 39.0 Å². The Kier molecular flexibility index (Phi) is 4.78. The van der Waals surface area contributed by atoms with Gasteiger partial charge in [0.05, 0.1) is 18.2 Å². The maximum atomic E-state index is 13.0. The number of halogens is 1. The molecule has 0 radical (unpaired) electrons. The van der Waals surface area contributed by atoms with Crippen molar-refractivity contribution in [1.82, 2.24) is 20.1 Å². The number of hydrogen-bond acceptors (Lipinski definition) is 5. The average molecular weight is 345 g/mol. The zero-order valence-corrected chi connectivity index (χ0v) is 14.4. The first-order valence-electron chi connectivity index (χ1n) is 8.11. The zero-order chi connectivity index (χ0) is 18.0. The molecule has 1 aromatic heterocycles. The highest BCUT2D eigenvalue weighted by atomic mass is 19.1. The fourth-order valence-electron chi connectivity index (χ4n) is 2.80. The zero-order valence-electron chi connectivity index (χ0n) is 14.4. The molecule has 25 heavy (non-hydrogen) atoms. The van der Waals surface area contributed by atoms with Gasteiger partial charge in [0, 0.05) is 6.54 Å². The van der Waals surface area contributed by atoms with E-state index in [9.17, 15) is 9.18 Å². The van der Waals surface area contributed by atoms with E-state index in [1.165, 1.54) is 12.1 Å². The summed E-state index contributed by atoms with van der Waals surface area (Å²) in [5.74, 6) is 0.737. The standard InChI is InChI=1S/C17H20FN5O2/c1-10-15(13-4-6-14(18)7-5-13)22-25-16(10)17(24)19-8-9-23-12(3)20-11(2)21-23/h4-7,10,16H,8-9H2,1-3H3,(H,19,24). The number of rotatable bonds is 5. The van der Waals surface area contributed by atoms with Gasteiger partial charge in [-0.2, -0.15) is 5.10 Å². The molecular formula is C17H20FN5O2. The molecule has 1 amide bonds. The van der Waals surface area contributed by atoms with Crippen LogP contribution in [0.4, 0.5) is 4.39 Å². The maximum Gasteiger partial charge on any atom is 0.264 e. The normalized spacial score (nSPS) is 19.4. The first-order valence-corrected chi connectivity index (χ1v) is 8.11. The smallest absolute Gasteiger partial charge is 0.264 e. The van der Waals surface area contributed by atoms with Gasteiger partial charge in [-0.1, -0.05) is 24.2 Å². The van der Waals surface area contributed by atoms with Crippen molar-refractivity contribution < 1.29 is 14.0 Å². The molecule has 2 unspecified atom stereocenters. The number of aromatic nitrogens is 3. The summed E-state index contributed by atoms with van der Waals surface area (Å²) in [7, 11) is 0. The second kappa shape index (κ2) is 7.00. The van der Waals surface area contributed by atoms with E-state index in [2.05, 4.69) is 20.6 Å². The molecule has 3 rings (SSSR count). The molecule has 132 valence electrons. The highest BCUT2D eigenvalue weighted by Crippen LogP contribution is 2.23. The second-order valence-electron chi connectivity index (χ2n) is 6.02. The summed E-state index contributed by atoms with van der Waals surface area (Å²) in [5, 5.41) is 11.1. The van der Waals surface area contributed by atoms with E-state index in [0.29, 0.717) is 24.6 Å². The first kappa shape index (κ1) is 17.1. The summed E-state index contributed by atoms with van der Waals surface area (Å²) in [4.78, 5) is 21.9. The molecule has 7 nitrogen and oxygen atoms in total. The van der Waals surface area contributed by atoms with Gasteiger partial charge < -0.3 is 10.2 Å². The SMILES string of the molecule is Cc1nc(C)n(CCNC(=O)C2ON=C(c3ccc(F)cc3)C2C)n1. The Labute approximate surface area is 144 Å². The van der Waals surface area contributed by atoms with Crippen LogP contribution in [0.5, 0.6) is 0 Å². The number of carbonyl (C=O) groups excluding carboxylic acids is 1. The van der Waals surface area contributed by atoms with Gasteiger partial charge in [0.15, 0.2) is 0 Å². The molecule has 2 atom stereocenters. The van der Waals surface area contributed by atoms with Crippen LogP contribution in [0, 0.1) is 25.6 Å². The summed E-state index contributed by atoms with van der Waals surface area (Å²) in [6, 6.07) is 5.98. The predicted molar refractivity (Wildman–Crippen MR) is 89.5 cm³/mol. The Balaban J connectivity index is 1.55. The minimum atomic E-state index is -0.696. The number of hydrogen-bond donors (Lipinski definition) is 1. The van der Waals surface area contributed by atoms with Crippen molar-refractivity contribution in [1.29, 1.82) is 0 Å². The van der Waals surface area contributed by atoms with E-state index >= 15 is 0 Å². The quantitative estimate of drug-likeness (QED) is 0.892. The Morgan fingerprint density at radius 1 is 1.32 bits per heavy atom. The minimum absolute atomic E-state index is 0.221. The molecule has 0 bridgehead atoms. The van der Waals surface area contributed by atoms with Crippen LogP contribution in [0.15, 0.2) is 29.4 Å². The molecule has 1 N–H and O–H groups in total. The monoisotopic (exact) mass is 345 g/mol. The third kappa shape index (κ3) is 3.67. The highest BCUT2D eigenvalue weighted by molar-refractivity contribution is 6.05. The summed E-state index contributed by atoms with van der Waals surface area (Å²) in [5.41, 5.74) is 1.39. The molecule has 1 aliphatic heterocycles. The van der Waals surface area contributed by atoms with Crippen LogP contribution in [0.1, 0.15) is 24.1 Å². The van der Waals surface area contributed by atoms with Crippen molar-refractivity contribution in [3.8, 4) is 0 Å². The van der Waals surface area contributed by atoms with Gasteiger partial charge in [-0.15, -0.1) is 0 Å². The van der Waals surface area contributed by atoms with Crippen LogP contribution in [-0.2, 0) is 16.2 Å². The molecule has 0 spiro atoms. The van der Waals surface area contributed by atoms with Crippen LogP contribution in [0.3, 0.4) is 0 Å². The number of amides is 1. The lowest BCUT2D eigenvalue weighted by Crippen LogP contribution is -2.40. The van der Waals surface area contributed by atoms with Gasteiger partial charge >= 0.3 is 0 Å². The summed E-state index contributed by atoms with van der Waals surface area (Å²) in [6.45, 7) is 6.51. The Bertz CT molecular complexity index is 800. The molecule has 2 heterocycles. The maximum absolute atomic E-state index is 13.0. The molecule has 8 heteroatoms. The molecule has 0 fully saturated rings. The lowest BCUT2D eigenvalue weighted by Gasteiger charge is -2.14. The van der Waals surface area contributed by atoms with Crippen molar-refractivity contribution in [2.24, 2.45) is 11.1 Å². The Morgan fingerprint density at radius 2 is 2.04 bits per heavy atom. The molecule has 2 aromatic rings.